The highest BCUT2D eigenvalue weighted by Crippen LogP contribution is 2.68. The van der Waals surface area contributed by atoms with E-state index in [9.17, 15) is 19.5 Å². The van der Waals surface area contributed by atoms with Crippen molar-refractivity contribution in [2.75, 3.05) is 13.1 Å². The smallest absolute Gasteiger partial charge is 0.242 e. The number of hydrogen-bond acceptors (Lipinski definition) is 7. The van der Waals surface area contributed by atoms with E-state index in [1.165, 1.54) is 44.9 Å². The van der Waals surface area contributed by atoms with Gasteiger partial charge in [0.15, 0.2) is 0 Å². The molecule has 3 amide bonds. The molecular formula is C40H62N8O4. The summed E-state index contributed by atoms with van der Waals surface area (Å²) in [5, 5.41) is 16.6. The van der Waals surface area contributed by atoms with Crippen molar-refractivity contribution >= 4 is 17.7 Å². The molecule has 3 heterocycles. The normalized spacial score (nSPS) is 36.7. The molecule has 0 aromatic carbocycles. The fourth-order valence-corrected chi connectivity index (χ4v) is 12.3. The molecule has 5 fully saturated rings. The first-order valence-corrected chi connectivity index (χ1v) is 20.2. The van der Waals surface area contributed by atoms with Gasteiger partial charge in [-0.1, -0.05) is 20.8 Å². The second-order valence-corrected chi connectivity index (χ2v) is 17.8. The predicted octanol–water partition coefficient (Wildman–Crippen LogP) is 3.88. The number of fused-ring (bicyclic) bond motifs is 5. The molecule has 12 atom stereocenters. The highest BCUT2D eigenvalue weighted by Gasteiger charge is 2.60. The van der Waals surface area contributed by atoms with Crippen LogP contribution in [0.5, 0.6) is 0 Å². The summed E-state index contributed by atoms with van der Waals surface area (Å²) in [6.45, 7) is 8.12. The van der Waals surface area contributed by atoms with Crippen molar-refractivity contribution in [1.29, 1.82) is 0 Å². The summed E-state index contributed by atoms with van der Waals surface area (Å²) in [5.74, 6) is 4.30. The van der Waals surface area contributed by atoms with Gasteiger partial charge in [0.1, 0.15) is 11.9 Å². The lowest BCUT2D eigenvalue weighted by atomic mass is 9.44. The van der Waals surface area contributed by atoms with Gasteiger partial charge >= 0.3 is 0 Å². The molecule has 5 aliphatic rings. The zero-order chi connectivity index (χ0) is 36.6. The molecule has 52 heavy (non-hydrogen) atoms. The van der Waals surface area contributed by atoms with E-state index in [1.807, 2.05) is 0 Å². The lowest BCUT2D eigenvalue weighted by Gasteiger charge is -2.61. The summed E-state index contributed by atoms with van der Waals surface area (Å²) in [6, 6.07) is -1.88. The summed E-state index contributed by atoms with van der Waals surface area (Å²) < 4.78 is 0. The first-order chi connectivity index (χ1) is 25.0. The standard InChI is InChI=1S/C40H62N8O4/c1-24(30-7-8-31-29-6-5-25-18-28(49)10-13-39(25,2)32(29)11-14-40(30,31)3)4-9-36(50)47-27-20-34(37(51)45-15-12-35-43-16-17-44-35)48(22-27)38(52)33(41)19-26-21-42-23-46-26/h16-17,21,23-25,27-34,49H,4-15,18-20,22,41H2,1-3H3,(H,42,46)(H,43,44)(H,45,51)(H,47,50)/t24?,25?,27?,28-,29?,30-,31?,32?,33?,34+,39+,40-/m1/s1. The molecule has 7 unspecified atom stereocenters. The Labute approximate surface area is 308 Å². The highest BCUT2D eigenvalue weighted by atomic mass is 16.3. The zero-order valence-corrected chi connectivity index (χ0v) is 31.5. The minimum Gasteiger partial charge on any atom is -0.393 e. The average molecular weight is 719 g/mol. The minimum atomic E-state index is -0.839. The van der Waals surface area contributed by atoms with Crippen LogP contribution in [-0.2, 0) is 27.2 Å². The second-order valence-electron chi connectivity index (χ2n) is 17.8. The summed E-state index contributed by atoms with van der Waals surface area (Å²) in [7, 11) is 0. The molecule has 0 spiro atoms. The molecule has 1 saturated heterocycles. The number of rotatable bonds is 12. The third kappa shape index (κ3) is 7.30. The van der Waals surface area contributed by atoms with Crippen molar-refractivity contribution in [2.45, 2.75) is 135 Å². The van der Waals surface area contributed by atoms with Gasteiger partial charge in [-0.15, -0.1) is 0 Å². The van der Waals surface area contributed by atoms with Gasteiger partial charge in [-0.3, -0.25) is 14.4 Å². The Morgan fingerprint density at radius 1 is 1.06 bits per heavy atom. The topological polar surface area (TPSA) is 182 Å². The Kier molecular flexibility index (Phi) is 10.9. The van der Waals surface area contributed by atoms with Crippen LogP contribution in [0.4, 0.5) is 0 Å². The number of aromatic amines is 2. The molecule has 0 radical (unpaired) electrons. The number of imidazole rings is 2. The van der Waals surface area contributed by atoms with Crippen LogP contribution in [0.1, 0.15) is 109 Å². The van der Waals surface area contributed by atoms with E-state index in [0.717, 1.165) is 48.5 Å². The van der Waals surface area contributed by atoms with E-state index in [1.54, 1.807) is 29.8 Å². The van der Waals surface area contributed by atoms with E-state index >= 15 is 0 Å². The summed E-state index contributed by atoms with van der Waals surface area (Å²) in [5.41, 5.74) is 7.82. The average Bonchev–Trinajstić information content (AvgIpc) is 3.95. The molecule has 1 aliphatic heterocycles. The Bertz CT molecular complexity index is 1530. The summed E-state index contributed by atoms with van der Waals surface area (Å²) in [4.78, 5) is 56.4. The minimum absolute atomic E-state index is 0.0148. The van der Waals surface area contributed by atoms with Crippen LogP contribution in [0, 0.1) is 46.3 Å². The number of amides is 3. The maximum absolute atomic E-state index is 13.6. The summed E-state index contributed by atoms with van der Waals surface area (Å²) in [6.07, 6.45) is 19.9. The first kappa shape index (κ1) is 37.1. The number of H-pyrrole nitrogens is 2. The lowest BCUT2D eigenvalue weighted by molar-refractivity contribution is -0.139. The predicted molar refractivity (Wildman–Crippen MR) is 197 cm³/mol. The monoisotopic (exact) mass is 718 g/mol. The van der Waals surface area contributed by atoms with Gasteiger partial charge in [0, 0.05) is 62.7 Å². The number of aliphatic hydroxyl groups is 1. The van der Waals surface area contributed by atoms with Gasteiger partial charge in [0.05, 0.1) is 18.5 Å². The number of aliphatic hydroxyl groups excluding tert-OH is 1. The van der Waals surface area contributed by atoms with Gasteiger partial charge < -0.3 is 36.3 Å². The first-order valence-electron chi connectivity index (χ1n) is 20.2. The molecule has 7 rings (SSSR count). The molecular weight excluding hydrogens is 656 g/mol. The Morgan fingerprint density at radius 2 is 1.87 bits per heavy atom. The number of carbonyl (C=O) groups excluding carboxylic acids is 3. The molecule has 12 nitrogen and oxygen atoms in total. The number of nitrogens with one attached hydrogen (secondary N) is 4. The van der Waals surface area contributed by atoms with Crippen molar-refractivity contribution in [3.05, 3.63) is 36.4 Å². The van der Waals surface area contributed by atoms with E-state index in [-0.39, 0.29) is 42.8 Å². The fourth-order valence-electron chi connectivity index (χ4n) is 12.3. The molecule has 12 heteroatoms. The van der Waals surface area contributed by atoms with Gasteiger partial charge in [-0.2, -0.15) is 0 Å². The third-order valence-electron chi connectivity index (χ3n) is 15.0. The van der Waals surface area contributed by atoms with Crippen LogP contribution in [0.2, 0.25) is 0 Å². The molecule has 2 aromatic rings. The Morgan fingerprint density at radius 3 is 2.63 bits per heavy atom. The van der Waals surface area contributed by atoms with Gasteiger partial charge in [-0.25, -0.2) is 9.97 Å². The number of nitrogens with zero attached hydrogens (tertiary/aromatic N) is 3. The van der Waals surface area contributed by atoms with Crippen LogP contribution in [0.15, 0.2) is 24.9 Å². The lowest BCUT2D eigenvalue weighted by Crippen LogP contribution is -2.54. The summed E-state index contributed by atoms with van der Waals surface area (Å²) >= 11 is 0. The Balaban J connectivity index is 0.934. The number of likely N-dealkylation sites (tertiary alicyclic amines) is 1. The maximum Gasteiger partial charge on any atom is 0.242 e. The molecule has 2 aromatic heterocycles. The zero-order valence-electron chi connectivity index (χ0n) is 31.5. The van der Waals surface area contributed by atoms with Crippen molar-refractivity contribution in [1.82, 2.24) is 35.5 Å². The third-order valence-corrected chi connectivity index (χ3v) is 15.0. The van der Waals surface area contributed by atoms with Crippen molar-refractivity contribution < 1.29 is 19.5 Å². The van der Waals surface area contributed by atoms with Gasteiger partial charge in [-0.05, 0) is 117 Å². The van der Waals surface area contributed by atoms with Crippen LogP contribution < -0.4 is 16.4 Å². The van der Waals surface area contributed by atoms with Crippen LogP contribution in [0.25, 0.3) is 0 Å². The van der Waals surface area contributed by atoms with Crippen LogP contribution in [-0.4, -0.2) is 85.0 Å². The Hall–Kier alpha value is -3.25. The largest absolute Gasteiger partial charge is 0.393 e. The SMILES string of the molecule is CC(CCC(=O)NC1C[C@@H](C(=O)NCCc2ncc[nH]2)N(C(=O)C(N)Cc2cnc[nH]2)C1)[C@H]1CCC2C3CCC4C[C@H](O)CC[C@]4(C)C3CC[C@@]21C. The van der Waals surface area contributed by atoms with Gasteiger partial charge in [0.2, 0.25) is 17.7 Å². The number of carbonyl (C=O) groups is 3. The fraction of sp³-hybridized carbons (Fsp3) is 0.775. The van der Waals surface area contributed by atoms with Crippen LogP contribution >= 0.6 is 0 Å². The van der Waals surface area contributed by atoms with E-state index in [0.29, 0.717) is 54.4 Å². The molecule has 0 bridgehead atoms. The van der Waals surface area contributed by atoms with Crippen molar-refractivity contribution in [3.63, 3.8) is 0 Å². The molecule has 7 N–H and O–H groups in total. The molecule has 4 saturated carbocycles. The quantitative estimate of drug-likeness (QED) is 0.193. The van der Waals surface area contributed by atoms with E-state index in [2.05, 4.69) is 51.3 Å². The van der Waals surface area contributed by atoms with E-state index < -0.39 is 12.1 Å². The molecule has 286 valence electrons. The number of nitrogens with two attached hydrogens (primary N) is 1. The maximum atomic E-state index is 13.6. The second kappa shape index (κ2) is 15.2. The van der Waals surface area contributed by atoms with Gasteiger partial charge in [0.25, 0.3) is 0 Å². The van der Waals surface area contributed by atoms with E-state index in [4.69, 9.17) is 5.73 Å². The van der Waals surface area contributed by atoms with Crippen molar-refractivity contribution in [2.24, 2.45) is 52.1 Å². The highest BCUT2D eigenvalue weighted by molar-refractivity contribution is 5.91. The number of hydrogen-bond donors (Lipinski definition) is 6. The molecule has 4 aliphatic carbocycles. The van der Waals surface area contributed by atoms with Crippen LogP contribution in [0.3, 0.4) is 0 Å². The van der Waals surface area contributed by atoms with Crippen molar-refractivity contribution in [3.8, 4) is 0 Å². The number of aromatic nitrogens is 4.